The maximum absolute atomic E-state index is 12.1. The van der Waals surface area contributed by atoms with Gasteiger partial charge in [-0.25, -0.2) is 8.78 Å². The maximum atomic E-state index is 12.1. The third kappa shape index (κ3) is 3.13. The Morgan fingerprint density at radius 2 is 1.85 bits per heavy atom. The van der Waals surface area contributed by atoms with E-state index < -0.39 is 6.43 Å². The summed E-state index contributed by atoms with van der Waals surface area (Å²) >= 11 is 0. The van der Waals surface area contributed by atoms with Gasteiger partial charge in [0, 0.05) is 12.3 Å². The van der Waals surface area contributed by atoms with Gasteiger partial charge in [-0.2, -0.15) is 0 Å². The Hall–Kier alpha value is -0.920. The highest BCUT2D eigenvalue weighted by atomic mass is 19.3. The van der Waals surface area contributed by atoms with Crippen molar-refractivity contribution in [2.75, 3.05) is 0 Å². The van der Waals surface area contributed by atoms with Gasteiger partial charge in [0.05, 0.1) is 0 Å². The van der Waals surface area contributed by atoms with E-state index >= 15 is 0 Å². The van der Waals surface area contributed by atoms with Crippen LogP contribution in [0, 0.1) is 5.92 Å². The first-order valence-corrected chi connectivity index (χ1v) is 4.42. The van der Waals surface area contributed by atoms with Gasteiger partial charge in [-0.15, -0.1) is 0 Å². The SMILES string of the molecule is CC[C](CC(F)F)c1ccccc1. The largest absolute Gasteiger partial charge is 0.239 e. The van der Waals surface area contributed by atoms with Crippen LogP contribution in [0.5, 0.6) is 0 Å². The summed E-state index contributed by atoms with van der Waals surface area (Å²) in [6.45, 7) is 1.91. The zero-order valence-electron chi connectivity index (χ0n) is 7.63. The van der Waals surface area contributed by atoms with E-state index in [9.17, 15) is 8.78 Å². The number of hydrogen-bond donors (Lipinski definition) is 0. The molecule has 1 rings (SSSR count). The van der Waals surface area contributed by atoms with Crippen molar-refractivity contribution in [1.29, 1.82) is 0 Å². The standard InChI is InChI=1S/C11H13F2/c1-2-9(8-11(12)13)10-6-4-3-5-7-10/h3-7,11H,2,8H2,1H3. The number of benzene rings is 1. The average molecular weight is 183 g/mol. The van der Waals surface area contributed by atoms with Crippen LogP contribution in [0.15, 0.2) is 30.3 Å². The summed E-state index contributed by atoms with van der Waals surface area (Å²) in [6.07, 6.45) is -1.66. The van der Waals surface area contributed by atoms with Crippen LogP contribution < -0.4 is 0 Å². The molecule has 0 amide bonds. The second-order valence-corrected chi connectivity index (χ2v) is 2.92. The van der Waals surface area contributed by atoms with E-state index in [2.05, 4.69) is 0 Å². The molecule has 0 saturated heterocycles. The van der Waals surface area contributed by atoms with Crippen LogP contribution in [0.1, 0.15) is 25.3 Å². The lowest BCUT2D eigenvalue weighted by Gasteiger charge is -2.13. The molecule has 0 unspecified atom stereocenters. The molecule has 13 heavy (non-hydrogen) atoms. The summed E-state index contributed by atoms with van der Waals surface area (Å²) in [5.41, 5.74) is 0.935. The molecule has 0 nitrogen and oxygen atoms in total. The second-order valence-electron chi connectivity index (χ2n) is 2.92. The van der Waals surface area contributed by atoms with Crippen molar-refractivity contribution in [3.05, 3.63) is 41.8 Å². The summed E-state index contributed by atoms with van der Waals surface area (Å²) in [5.74, 6) is 0.829. The third-order valence-electron chi connectivity index (χ3n) is 2.01. The molecule has 0 heterocycles. The highest BCUT2D eigenvalue weighted by Gasteiger charge is 2.15. The van der Waals surface area contributed by atoms with E-state index in [0.717, 1.165) is 11.5 Å². The lowest BCUT2D eigenvalue weighted by Crippen LogP contribution is -2.04. The van der Waals surface area contributed by atoms with Gasteiger partial charge in [0.15, 0.2) is 0 Å². The summed E-state index contributed by atoms with van der Waals surface area (Å²) in [4.78, 5) is 0. The van der Waals surface area contributed by atoms with Crippen molar-refractivity contribution in [3.63, 3.8) is 0 Å². The first kappa shape index (κ1) is 10.2. The topological polar surface area (TPSA) is 0 Å². The predicted octanol–water partition coefficient (Wildman–Crippen LogP) is 3.67. The van der Waals surface area contributed by atoms with Crippen LogP contribution in [0.2, 0.25) is 0 Å². The van der Waals surface area contributed by atoms with Gasteiger partial charge in [-0.1, -0.05) is 37.3 Å². The molecular weight excluding hydrogens is 170 g/mol. The van der Waals surface area contributed by atoms with Crippen LogP contribution in [-0.4, -0.2) is 6.43 Å². The molecule has 0 saturated carbocycles. The normalized spacial score (nSPS) is 11.2. The number of halogens is 2. The highest BCUT2D eigenvalue weighted by Crippen LogP contribution is 2.24. The minimum atomic E-state index is -2.24. The quantitative estimate of drug-likeness (QED) is 0.668. The fourth-order valence-electron chi connectivity index (χ4n) is 1.33. The second kappa shape index (κ2) is 4.95. The average Bonchev–Trinajstić information content (AvgIpc) is 2.15. The molecule has 1 aromatic carbocycles. The van der Waals surface area contributed by atoms with Gasteiger partial charge in [-0.3, -0.25) is 0 Å². The molecule has 1 radical (unpaired) electrons. The minimum absolute atomic E-state index is 0.111. The van der Waals surface area contributed by atoms with Crippen LogP contribution >= 0.6 is 0 Å². The summed E-state index contributed by atoms with van der Waals surface area (Å²) in [7, 11) is 0. The monoisotopic (exact) mass is 183 g/mol. The number of alkyl halides is 2. The van der Waals surface area contributed by atoms with E-state index in [1.807, 2.05) is 37.3 Å². The zero-order chi connectivity index (χ0) is 9.68. The third-order valence-corrected chi connectivity index (χ3v) is 2.01. The fraction of sp³-hybridized carbons (Fsp3) is 0.364. The molecular formula is C11H13F2. The van der Waals surface area contributed by atoms with Crippen molar-refractivity contribution in [2.24, 2.45) is 0 Å². The molecule has 0 atom stereocenters. The first-order valence-electron chi connectivity index (χ1n) is 4.42. The van der Waals surface area contributed by atoms with Crippen molar-refractivity contribution < 1.29 is 8.78 Å². The highest BCUT2D eigenvalue weighted by molar-refractivity contribution is 5.29. The Morgan fingerprint density at radius 3 is 2.31 bits per heavy atom. The Morgan fingerprint density at radius 1 is 1.23 bits per heavy atom. The lowest BCUT2D eigenvalue weighted by molar-refractivity contribution is 0.142. The smallest absolute Gasteiger partial charge is 0.211 e. The molecule has 0 aliphatic carbocycles. The van der Waals surface area contributed by atoms with E-state index in [-0.39, 0.29) is 6.42 Å². The van der Waals surface area contributed by atoms with Crippen molar-refractivity contribution in [2.45, 2.75) is 26.2 Å². The van der Waals surface area contributed by atoms with Gasteiger partial charge >= 0.3 is 0 Å². The maximum Gasteiger partial charge on any atom is 0.239 e. The van der Waals surface area contributed by atoms with Gasteiger partial charge < -0.3 is 0 Å². The Kier molecular flexibility index (Phi) is 3.87. The van der Waals surface area contributed by atoms with E-state index in [4.69, 9.17) is 0 Å². The van der Waals surface area contributed by atoms with Crippen molar-refractivity contribution in [1.82, 2.24) is 0 Å². The summed E-state index contributed by atoms with van der Waals surface area (Å²) < 4.78 is 24.3. The Bertz CT molecular complexity index is 231. The van der Waals surface area contributed by atoms with Gasteiger partial charge in [0.25, 0.3) is 0 Å². The van der Waals surface area contributed by atoms with E-state index in [1.165, 1.54) is 0 Å². The van der Waals surface area contributed by atoms with Gasteiger partial charge in [0.2, 0.25) is 6.43 Å². The molecule has 1 aromatic rings. The summed E-state index contributed by atoms with van der Waals surface area (Å²) in [6, 6.07) is 9.38. The predicted molar refractivity (Wildman–Crippen MR) is 49.7 cm³/mol. The van der Waals surface area contributed by atoms with Gasteiger partial charge in [0.1, 0.15) is 0 Å². The Balaban J connectivity index is 2.67. The Labute approximate surface area is 77.6 Å². The lowest BCUT2D eigenvalue weighted by atomic mass is 9.94. The molecule has 2 heteroatoms. The van der Waals surface area contributed by atoms with Crippen molar-refractivity contribution >= 4 is 0 Å². The van der Waals surface area contributed by atoms with E-state index in [0.29, 0.717) is 6.42 Å². The molecule has 0 aliphatic rings. The molecule has 0 bridgehead atoms. The van der Waals surface area contributed by atoms with Crippen LogP contribution in [-0.2, 0) is 0 Å². The molecule has 71 valence electrons. The van der Waals surface area contributed by atoms with Crippen LogP contribution in [0.25, 0.3) is 0 Å². The molecule has 0 aromatic heterocycles. The van der Waals surface area contributed by atoms with Gasteiger partial charge in [-0.05, 0) is 12.0 Å². The van der Waals surface area contributed by atoms with Crippen LogP contribution in [0.4, 0.5) is 8.78 Å². The number of rotatable bonds is 4. The molecule has 0 N–H and O–H groups in total. The van der Waals surface area contributed by atoms with E-state index in [1.54, 1.807) is 0 Å². The van der Waals surface area contributed by atoms with Crippen LogP contribution in [0.3, 0.4) is 0 Å². The molecule has 0 aliphatic heterocycles. The zero-order valence-corrected chi connectivity index (χ0v) is 7.63. The summed E-state index contributed by atoms with van der Waals surface area (Å²) in [5, 5.41) is 0. The molecule has 0 spiro atoms. The minimum Gasteiger partial charge on any atom is -0.211 e. The fourth-order valence-corrected chi connectivity index (χ4v) is 1.33. The first-order chi connectivity index (χ1) is 6.24. The number of hydrogen-bond acceptors (Lipinski definition) is 0. The van der Waals surface area contributed by atoms with Crippen molar-refractivity contribution in [3.8, 4) is 0 Å². The molecule has 0 fully saturated rings.